The molecule has 0 unspecified atom stereocenters. The zero-order chi connectivity index (χ0) is 14.8. The van der Waals surface area contributed by atoms with Gasteiger partial charge in [0, 0.05) is 6.07 Å². The van der Waals surface area contributed by atoms with Crippen molar-refractivity contribution in [2.75, 3.05) is 13.1 Å². The molecule has 0 aliphatic carbocycles. The van der Waals surface area contributed by atoms with E-state index in [-0.39, 0.29) is 5.69 Å². The predicted octanol–water partition coefficient (Wildman–Crippen LogP) is 2.38. The summed E-state index contributed by atoms with van der Waals surface area (Å²) >= 11 is 7.03. The van der Waals surface area contributed by atoms with E-state index < -0.39 is 24.9 Å². The van der Waals surface area contributed by atoms with Gasteiger partial charge in [-0.1, -0.05) is 16.8 Å². The van der Waals surface area contributed by atoms with E-state index in [1.165, 1.54) is 17.4 Å². The monoisotopic (exact) mass is 321 g/mol. The number of hydrogen-bond donors (Lipinski definition) is 2. The topological polar surface area (TPSA) is 81.1 Å². The molecule has 0 spiro atoms. The molecule has 0 radical (unpaired) electrons. The molecule has 0 bridgehead atoms. The van der Waals surface area contributed by atoms with Gasteiger partial charge in [0.25, 0.3) is 11.8 Å². The largest absolute Gasteiger partial charge is 0.355 e. The molecule has 0 saturated carbocycles. The van der Waals surface area contributed by atoms with Gasteiger partial charge in [0.1, 0.15) is 0 Å². The Morgan fingerprint density at radius 3 is 2.90 bits per heavy atom. The summed E-state index contributed by atoms with van der Waals surface area (Å²) in [5.74, 6) is -3.56. The fraction of sp³-hybridized carbons (Fsp3) is 0.273. The molecule has 20 heavy (non-hydrogen) atoms. The van der Waals surface area contributed by atoms with Crippen LogP contribution >= 0.6 is 22.9 Å². The molecule has 2 heterocycles. The number of carbonyl (C=O) groups is 1. The molecule has 108 valence electrons. The quantitative estimate of drug-likeness (QED) is 0.886. The van der Waals surface area contributed by atoms with E-state index >= 15 is 0 Å². The average molecular weight is 322 g/mol. The lowest BCUT2D eigenvalue weighted by Crippen LogP contribution is -2.41. The second kappa shape index (κ2) is 5.86. The van der Waals surface area contributed by atoms with Crippen molar-refractivity contribution in [3.63, 3.8) is 0 Å². The lowest BCUT2D eigenvalue weighted by Gasteiger charge is -2.13. The highest BCUT2D eigenvalue weighted by Gasteiger charge is 2.28. The second-order valence-corrected chi connectivity index (χ2v) is 5.64. The van der Waals surface area contributed by atoms with Crippen molar-refractivity contribution in [1.29, 1.82) is 0 Å². The Labute approximate surface area is 121 Å². The highest BCUT2D eigenvalue weighted by atomic mass is 35.5. The summed E-state index contributed by atoms with van der Waals surface area (Å²) in [6.45, 7) is -1.69. The molecular weight excluding hydrogens is 312 g/mol. The van der Waals surface area contributed by atoms with Crippen LogP contribution in [0.1, 0.15) is 10.5 Å². The van der Waals surface area contributed by atoms with Crippen molar-refractivity contribution < 1.29 is 18.1 Å². The molecule has 0 aromatic carbocycles. The first-order valence-corrected chi connectivity index (χ1v) is 6.69. The smallest absolute Gasteiger partial charge is 0.277 e. The maximum atomic E-state index is 12.9. The molecule has 2 aromatic heterocycles. The van der Waals surface area contributed by atoms with Crippen LogP contribution in [0.2, 0.25) is 4.34 Å². The van der Waals surface area contributed by atoms with Gasteiger partial charge in [-0.15, -0.1) is 11.3 Å². The third-order valence-electron chi connectivity index (χ3n) is 2.37. The normalized spacial score (nSPS) is 11.6. The zero-order valence-corrected chi connectivity index (χ0v) is 11.6. The van der Waals surface area contributed by atoms with Crippen molar-refractivity contribution in [1.82, 2.24) is 10.5 Å². The number of aromatic nitrogens is 1. The number of halogens is 3. The number of nitrogens with two attached hydrogens (primary N) is 1. The summed E-state index contributed by atoms with van der Waals surface area (Å²) in [4.78, 5) is 12.3. The molecule has 5 nitrogen and oxygen atoms in total. The van der Waals surface area contributed by atoms with Crippen molar-refractivity contribution in [3.05, 3.63) is 28.2 Å². The van der Waals surface area contributed by atoms with Gasteiger partial charge < -0.3 is 15.6 Å². The SMILES string of the molecule is NCC(F)(F)CNC(=O)c1cc(-c2ccc(Cl)s2)on1. The first kappa shape index (κ1) is 14.9. The van der Waals surface area contributed by atoms with Gasteiger partial charge in [0.05, 0.1) is 22.3 Å². The lowest BCUT2D eigenvalue weighted by molar-refractivity contribution is 0.0117. The first-order valence-electron chi connectivity index (χ1n) is 5.50. The van der Waals surface area contributed by atoms with Crippen molar-refractivity contribution in [2.24, 2.45) is 5.73 Å². The number of alkyl halides is 2. The summed E-state index contributed by atoms with van der Waals surface area (Å²) < 4.78 is 31.3. The molecule has 3 N–H and O–H groups in total. The van der Waals surface area contributed by atoms with Gasteiger partial charge in [-0.05, 0) is 12.1 Å². The van der Waals surface area contributed by atoms with E-state index in [4.69, 9.17) is 21.9 Å². The molecule has 0 saturated heterocycles. The first-order chi connectivity index (χ1) is 9.41. The average Bonchev–Trinajstić information content (AvgIpc) is 3.04. The Bertz CT molecular complexity index is 614. The van der Waals surface area contributed by atoms with Crippen molar-refractivity contribution in [3.8, 4) is 10.6 Å². The van der Waals surface area contributed by atoms with Gasteiger partial charge in [-0.25, -0.2) is 8.78 Å². The van der Waals surface area contributed by atoms with Crippen LogP contribution in [0, 0.1) is 0 Å². The van der Waals surface area contributed by atoms with Crippen LogP contribution in [0.4, 0.5) is 8.78 Å². The lowest BCUT2D eigenvalue weighted by atomic mass is 10.3. The fourth-order valence-corrected chi connectivity index (χ4v) is 2.31. The molecule has 0 aliphatic heterocycles. The third kappa shape index (κ3) is 3.53. The number of nitrogens with one attached hydrogen (secondary N) is 1. The Kier molecular flexibility index (Phi) is 4.36. The highest BCUT2D eigenvalue weighted by molar-refractivity contribution is 7.19. The second-order valence-electron chi connectivity index (χ2n) is 3.92. The van der Waals surface area contributed by atoms with Crippen LogP contribution in [0.3, 0.4) is 0 Å². The Hall–Kier alpha value is -1.51. The van der Waals surface area contributed by atoms with Gasteiger partial charge in [-0.2, -0.15) is 0 Å². The van der Waals surface area contributed by atoms with Gasteiger partial charge >= 0.3 is 0 Å². The molecule has 0 atom stereocenters. The zero-order valence-electron chi connectivity index (χ0n) is 10.0. The molecule has 0 aliphatic rings. The van der Waals surface area contributed by atoms with Crippen molar-refractivity contribution >= 4 is 28.8 Å². The van der Waals surface area contributed by atoms with Gasteiger partial charge in [0.2, 0.25) is 0 Å². The van der Waals surface area contributed by atoms with Gasteiger partial charge in [0.15, 0.2) is 11.5 Å². The highest BCUT2D eigenvalue weighted by Crippen LogP contribution is 2.31. The number of carbonyl (C=O) groups excluding carboxylic acids is 1. The van der Waals surface area contributed by atoms with Crippen LogP contribution < -0.4 is 11.1 Å². The number of thiophene rings is 1. The summed E-state index contributed by atoms with van der Waals surface area (Å²) in [7, 11) is 0. The van der Waals surface area contributed by atoms with Gasteiger partial charge in [-0.3, -0.25) is 4.79 Å². The fourth-order valence-electron chi connectivity index (χ4n) is 1.32. The number of nitrogens with zero attached hydrogens (tertiary/aromatic N) is 1. The third-order valence-corrected chi connectivity index (χ3v) is 3.61. The van der Waals surface area contributed by atoms with Crippen LogP contribution in [0.25, 0.3) is 10.6 Å². The van der Waals surface area contributed by atoms with Crippen molar-refractivity contribution in [2.45, 2.75) is 5.92 Å². The number of rotatable bonds is 5. The van der Waals surface area contributed by atoms with Crippen LogP contribution in [-0.4, -0.2) is 30.1 Å². The van der Waals surface area contributed by atoms with E-state index in [1.54, 1.807) is 12.1 Å². The molecule has 9 heteroatoms. The summed E-state index contributed by atoms with van der Waals surface area (Å²) in [5, 5.41) is 5.57. The number of amides is 1. The van der Waals surface area contributed by atoms with E-state index in [9.17, 15) is 13.6 Å². The van der Waals surface area contributed by atoms with Crippen LogP contribution in [0.15, 0.2) is 22.7 Å². The van der Waals surface area contributed by atoms with E-state index in [2.05, 4.69) is 5.16 Å². The van der Waals surface area contributed by atoms with Crippen LogP contribution in [-0.2, 0) is 0 Å². The Balaban J connectivity index is 2.03. The standard InChI is InChI=1S/C11H10ClF2N3O2S/c12-9-2-1-8(20-9)7-3-6(17-19-7)10(18)16-5-11(13,14)4-15/h1-3H,4-5,15H2,(H,16,18). The minimum absolute atomic E-state index is 0.0858. The minimum atomic E-state index is -3.15. The Morgan fingerprint density at radius 1 is 1.55 bits per heavy atom. The number of hydrogen-bond acceptors (Lipinski definition) is 5. The molecule has 2 rings (SSSR count). The van der Waals surface area contributed by atoms with E-state index in [1.807, 2.05) is 5.32 Å². The maximum absolute atomic E-state index is 12.9. The molecule has 0 fully saturated rings. The predicted molar refractivity (Wildman–Crippen MR) is 71.2 cm³/mol. The van der Waals surface area contributed by atoms with E-state index in [0.29, 0.717) is 15.0 Å². The Morgan fingerprint density at radius 2 is 2.30 bits per heavy atom. The molecular formula is C11H10ClF2N3O2S. The maximum Gasteiger partial charge on any atom is 0.277 e. The minimum Gasteiger partial charge on any atom is -0.355 e. The summed E-state index contributed by atoms with van der Waals surface area (Å²) in [5.41, 5.74) is 4.78. The van der Waals surface area contributed by atoms with E-state index in [0.717, 1.165) is 0 Å². The summed E-state index contributed by atoms with van der Waals surface area (Å²) in [6, 6.07) is 4.74. The molecule has 2 aromatic rings. The van der Waals surface area contributed by atoms with Crippen LogP contribution in [0.5, 0.6) is 0 Å². The molecule has 1 amide bonds. The summed E-state index contributed by atoms with van der Waals surface area (Å²) in [6.07, 6.45) is 0.